The number of hydroxylamine groups is 2. The Kier molecular flexibility index (Phi) is 4.89. The van der Waals surface area contributed by atoms with Gasteiger partial charge in [-0.3, -0.25) is 9.63 Å². The molecular formula is C12H18BNO4. The minimum absolute atomic E-state index is 0.308. The molecule has 0 atom stereocenters. The van der Waals surface area contributed by atoms with Crippen LogP contribution in [0.25, 0.3) is 0 Å². The molecule has 0 heterocycles. The Morgan fingerprint density at radius 3 is 2.22 bits per heavy atom. The van der Waals surface area contributed by atoms with E-state index >= 15 is 0 Å². The molecule has 0 aliphatic rings. The molecule has 18 heavy (non-hydrogen) atoms. The van der Waals surface area contributed by atoms with E-state index < -0.39 is 12.7 Å². The van der Waals surface area contributed by atoms with Gasteiger partial charge in [0.05, 0.1) is 12.1 Å². The van der Waals surface area contributed by atoms with Crippen molar-refractivity contribution in [1.82, 2.24) is 5.06 Å². The maximum atomic E-state index is 10.9. The van der Waals surface area contributed by atoms with Gasteiger partial charge >= 0.3 is 7.12 Å². The van der Waals surface area contributed by atoms with Crippen LogP contribution < -0.4 is 5.46 Å². The lowest BCUT2D eigenvalue weighted by atomic mass is 9.80. The molecule has 0 radical (unpaired) electrons. The molecule has 2 N–H and O–H groups in total. The van der Waals surface area contributed by atoms with E-state index in [1.54, 1.807) is 24.3 Å². The minimum Gasteiger partial charge on any atom is -0.423 e. The highest BCUT2D eigenvalue weighted by Crippen LogP contribution is 2.11. The van der Waals surface area contributed by atoms with E-state index in [4.69, 9.17) is 14.9 Å². The molecule has 0 saturated heterocycles. The molecule has 1 rings (SSSR count). The largest absolute Gasteiger partial charge is 0.488 e. The fraction of sp³-hybridized carbons (Fsp3) is 0.417. The SMILES string of the molecule is CC(C)(C)ON(C=O)Cc1ccc(B(O)O)cc1. The van der Waals surface area contributed by atoms with Crippen LogP contribution >= 0.6 is 0 Å². The van der Waals surface area contributed by atoms with Crippen LogP contribution in [0, 0.1) is 0 Å². The highest BCUT2D eigenvalue weighted by atomic mass is 16.7. The summed E-state index contributed by atoms with van der Waals surface area (Å²) in [6.07, 6.45) is 0.625. The van der Waals surface area contributed by atoms with Gasteiger partial charge in [-0.25, -0.2) is 5.06 Å². The molecule has 98 valence electrons. The normalized spacial score (nSPS) is 11.2. The summed E-state index contributed by atoms with van der Waals surface area (Å²) < 4.78 is 0. The number of hydrogen-bond donors (Lipinski definition) is 2. The summed E-state index contributed by atoms with van der Waals surface area (Å²) >= 11 is 0. The second-order valence-electron chi connectivity index (χ2n) is 5.00. The van der Waals surface area contributed by atoms with Crippen LogP contribution in [0.15, 0.2) is 24.3 Å². The number of rotatable bonds is 5. The summed E-state index contributed by atoms with van der Waals surface area (Å²) in [5.74, 6) is 0. The second kappa shape index (κ2) is 5.99. The number of carbonyl (C=O) groups is 1. The van der Waals surface area contributed by atoms with Gasteiger partial charge in [-0.1, -0.05) is 24.3 Å². The van der Waals surface area contributed by atoms with Crippen LogP contribution in [0.2, 0.25) is 0 Å². The van der Waals surface area contributed by atoms with E-state index in [1.165, 1.54) is 5.06 Å². The molecule has 1 aromatic carbocycles. The standard InChI is InChI=1S/C12H18BNO4/c1-12(2,3)18-14(9-15)8-10-4-6-11(7-5-10)13(16)17/h4-7,9,16-17H,8H2,1-3H3. The maximum absolute atomic E-state index is 10.9. The highest BCUT2D eigenvalue weighted by Gasteiger charge is 2.16. The van der Waals surface area contributed by atoms with Gasteiger partial charge in [-0.05, 0) is 31.8 Å². The molecule has 0 bridgehead atoms. The lowest BCUT2D eigenvalue weighted by Crippen LogP contribution is -2.33. The summed E-state index contributed by atoms with van der Waals surface area (Å²) in [7, 11) is -1.48. The van der Waals surface area contributed by atoms with Crippen molar-refractivity contribution in [2.24, 2.45) is 0 Å². The zero-order valence-electron chi connectivity index (χ0n) is 10.8. The monoisotopic (exact) mass is 251 g/mol. The van der Waals surface area contributed by atoms with Gasteiger partial charge < -0.3 is 10.0 Å². The molecule has 0 aliphatic heterocycles. The van der Waals surface area contributed by atoms with Crippen LogP contribution in [-0.4, -0.2) is 34.2 Å². The lowest BCUT2D eigenvalue weighted by Gasteiger charge is -2.26. The van der Waals surface area contributed by atoms with E-state index in [-0.39, 0.29) is 0 Å². The Bertz CT molecular complexity index is 386. The molecular weight excluding hydrogens is 233 g/mol. The highest BCUT2D eigenvalue weighted by molar-refractivity contribution is 6.58. The topological polar surface area (TPSA) is 70.0 Å². The van der Waals surface area contributed by atoms with Gasteiger partial charge in [0.15, 0.2) is 0 Å². The fourth-order valence-electron chi connectivity index (χ4n) is 1.42. The third-order valence-corrected chi connectivity index (χ3v) is 2.12. The maximum Gasteiger partial charge on any atom is 0.488 e. The Morgan fingerprint density at radius 2 is 1.83 bits per heavy atom. The second-order valence-corrected chi connectivity index (χ2v) is 5.00. The van der Waals surface area contributed by atoms with Crippen molar-refractivity contribution in [2.45, 2.75) is 32.9 Å². The Hall–Kier alpha value is -1.37. The Morgan fingerprint density at radius 1 is 1.28 bits per heavy atom. The number of nitrogens with zero attached hydrogens (tertiary/aromatic N) is 1. The van der Waals surface area contributed by atoms with Crippen LogP contribution in [0.1, 0.15) is 26.3 Å². The molecule has 1 amide bonds. The van der Waals surface area contributed by atoms with E-state index in [9.17, 15) is 4.79 Å². The summed E-state index contributed by atoms with van der Waals surface area (Å²) in [5.41, 5.74) is 0.811. The van der Waals surface area contributed by atoms with Crippen molar-refractivity contribution in [1.29, 1.82) is 0 Å². The van der Waals surface area contributed by atoms with Gasteiger partial charge in [0.1, 0.15) is 0 Å². The van der Waals surface area contributed by atoms with Crippen molar-refractivity contribution in [3.05, 3.63) is 29.8 Å². The molecule has 0 unspecified atom stereocenters. The van der Waals surface area contributed by atoms with Crippen LogP contribution in [0.5, 0.6) is 0 Å². The molecule has 0 fully saturated rings. The average Bonchev–Trinajstić information content (AvgIpc) is 2.27. The number of benzene rings is 1. The van der Waals surface area contributed by atoms with Gasteiger partial charge in [0.2, 0.25) is 6.41 Å². The third kappa shape index (κ3) is 4.87. The number of amides is 1. The molecule has 1 aromatic rings. The summed E-state index contributed by atoms with van der Waals surface area (Å²) in [6, 6.07) is 6.63. The first-order chi connectivity index (χ1) is 8.31. The van der Waals surface area contributed by atoms with Gasteiger partial charge in [0, 0.05) is 0 Å². The van der Waals surface area contributed by atoms with Crippen molar-refractivity contribution in [3.63, 3.8) is 0 Å². The van der Waals surface area contributed by atoms with E-state index in [2.05, 4.69) is 0 Å². The quantitative estimate of drug-likeness (QED) is 0.441. The van der Waals surface area contributed by atoms with Gasteiger partial charge in [-0.15, -0.1) is 0 Å². The van der Waals surface area contributed by atoms with Gasteiger partial charge in [-0.2, -0.15) is 0 Å². The molecule has 5 nitrogen and oxygen atoms in total. The van der Waals surface area contributed by atoms with Crippen molar-refractivity contribution < 1.29 is 19.7 Å². The molecule has 6 heteroatoms. The molecule has 0 spiro atoms. The molecule has 0 aromatic heterocycles. The van der Waals surface area contributed by atoms with Crippen molar-refractivity contribution >= 4 is 19.0 Å². The number of hydrogen-bond acceptors (Lipinski definition) is 4. The summed E-state index contributed by atoms with van der Waals surface area (Å²) in [6.45, 7) is 5.88. The van der Waals surface area contributed by atoms with Crippen LogP contribution in [0.3, 0.4) is 0 Å². The fourth-order valence-corrected chi connectivity index (χ4v) is 1.42. The first-order valence-electron chi connectivity index (χ1n) is 5.68. The van der Waals surface area contributed by atoms with Crippen LogP contribution in [0.4, 0.5) is 0 Å². The zero-order chi connectivity index (χ0) is 13.8. The predicted molar refractivity (Wildman–Crippen MR) is 68.7 cm³/mol. The third-order valence-electron chi connectivity index (χ3n) is 2.12. The molecule has 0 saturated carbocycles. The zero-order valence-corrected chi connectivity index (χ0v) is 10.8. The van der Waals surface area contributed by atoms with Gasteiger partial charge in [0.25, 0.3) is 0 Å². The average molecular weight is 251 g/mol. The Balaban J connectivity index is 2.68. The van der Waals surface area contributed by atoms with E-state index in [1.807, 2.05) is 20.8 Å². The lowest BCUT2D eigenvalue weighted by molar-refractivity contribution is -0.220. The molecule has 0 aliphatic carbocycles. The van der Waals surface area contributed by atoms with Crippen LogP contribution in [-0.2, 0) is 16.2 Å². The van der Waals surface area contributed by atoms with Crippen molar-refractivity contribution in [2.75, 3.05) is 0 Å². The smallest absolute Gasteiger partial charge is 0.423 e. The first kappa shape index (κ1) is 14.7. The first-order valence-corrected chi connectivity index (χ1v) is 5.68. The minimum atomic E-state index is -1.48. The van der Waals surface area contributed by atoms with E-state index in [0.717, 1.165) is 5.56 Å². The summed E-state index contributed by atoms with van der Waals surface area (Å²) in [4.78, 5) is 16.3. The Labute approximate surface area is 107 Å². The van der Waals surface area contributed by atoms with E-state index in [0.29, 0.717) is 18.4 Å². The predicted octanol–water partition coefficient (Wildman–Crippen LogP) is 0.0549. The van der Waals surface area contributed by atoms with Crippen molar-refractivity contribution in [3.8, 4) is 0 Å². The number of carbonyl (C=O) groups excluding carboxylic acids is 1. The summed E-state index contributed by atoms with van der Waals surface area (Å²) in [5, 5.41) is 19.1.